The summed E-state index contributed by atoms with van der Waals surface area (Å²) in [7, 11) is 3.04. The molecule has 54 heavy (non-hydrogen) atoms. The molecule has 4 aromatic rings. The molecule has 10 nitrogen and oxygen atoms in total. The summed E-state index contributed by atoms with van der Waals surface area (Å²) in [5, 5.41) is 13.2. The SMILES string of the molecule is COc1nc(C2(c3ccc4c(OC)c(CNC[C@@H]5CCC(=O)N5)cc(Cl)c4n3)C=CC=C(c3ccccc3Cl)C2Cl)cc(F)c1CNC[C@@H]1CCC(=O)N1. The number of aromatic nitrogens is 2. The van der Waals surface area contributed by atoms with Crippen LogP contribution >= 0.6 is 34.8 Å². The summed E-state index contributed by atoms with van der Waals surface area (Å²) in [6, 6.07) is 14.3. The lowest BCUT2D eigenvalue weighted by atomic mass is 9.70. The minimum absolute atomic E-state index is 0.00899. The number of ether oxygens (including phenoxy) is 2. The van der Waals surface area contributed by atoms with E-state index in [-0.39, 0.29) is 47.6 Å². The van der Waals surface area contributed by atoms with E-state index >= 15 is 4.39 Å². The van der Waals surface area contributed by atoms with Crippen molar-refractivity contribution in [3.05, 3.63) is 111 Å². The molecule has 0 radical (unpaired) electrons. The molecular weight excluding hydrogens is 754 g/mol. The monoisotopic (exact) mass is 792 g/mol. The third-order valence-corrected chi connectivity index (χ3v) is 11.5. The number of allylic oxidation sites excluding steroid dienone is 4. The number of hydrogen-bond acceptors (Lipinski definition) is 8. The fraction of sp³-hybridized carbons (Fsp3) is 0.350. The number of alkyl halides is 1. The van der Waals surface area contributed by atoms with Gasteiger partial charge in [-0.1, -0.05) is 59.6 Å². The van der Waals surface area contributed by atoms with Crippen molar-refractivity contribution < 1.29 is 23.5 Å². The largest absolute Gasteiger partial charge is 0.496 e. The van der Waals surface area contributed by atoms with Gasteiger partial charge in [-0.15, -0.1) is 11.6 Å². The number of halogens is 4. The van der Waals surface area contributed by atoms with Crippen molar-refractivity contribution in [1.29, 1.82) is 0 Å². The number of rotatable bonds is 13. The van der Waals surface area contributed by atoms with E-state index in [1.807, 2.05) is 54.6 Å². The maximum absolute atomic E-state index is 16.4. The summed E-state index contributed by atoms with van der Waals surface area (Å²) in [4.78, 5) is 33.4. The predicted octanol–water partition coefficient (Wildman–Crippen LogP) is 6.38. The van der Waals surface area contributed by atoms with Crippen molar-refractivity contribution in [2.45, 2.75) is 61.6 Å². The van der Waals surface area contributed by atoms with Crippen molar-refractivity contribution in [1.82, 2.24) is 31.2 Å². The van der Waals surface area contributed by atoms with Crippen LogP contribution in [0.25, 0.3) is 16.5 Å². The second-order valence-corrected chi connectivity index (χ2v) is 14.9. The molecule has 0 saturated carbocycles. The van der Waals surface area contributed by atoms with Gasteiger partial charge in [-0.25, -0.2) is 14.4 Å². The van der Waals surface area contributed by atoms with Gasteiger partial charge in [0.15, 0.2) is 0 Å². The molecule has 0 bridgehead atoms. The molecule has 4 N–H and O–H groups in total. The molecule has 2 aromatic carbocycles. The molecule has 2 fully saturated rings. The Kier molecular flexibility index (Phi) is 11.4. The summed E-state index contributed by atoms with van der Waals surface area (Å²) in [5.41, 5.74) is 2.36. The Balaban J connectivity index is 1.29. The summed E-state index contributed by atoms with van der Waals surface area (Å²) < 4.78 is 28.0. The van der Waals surface area contributed by atoms with Gasteiger partial charge < -0.3 is 30.7 Å². The molecule has 4 atom stereocenters. The predicted molar refractivity (Wildman–Crippen MR) is 209 cm³/mol. The number of hydrogen-bond donors (Lipinski definition) is 4. The topological polar surface area (TPSA) is 126 Å². The molecular formula is C40H40Cl3FN6O4. The molecule has 2 saturated heterocycles. The molecule has 14 heteroatoms. The highest BCUT2D eigenvalue weighted by molar-refractivity contribution is 6.35. The molecule has 282 valence electrons. The summed E-state index contributed by atoms with van der Waals surface area (Å²) in [5.74, 6) is 0.220. The molecule has 2 aliphatic heterocycles. The standard InChI is InChI=1S/C40H40Cl3FN6O4/c1-53-37-22(18-45-19-23-9-13-34(51)47-23)16-30(42)36-27(37)11-12-32(49-36)40(15-5-7-26(38(40)43)25-6-3-4-8-29(25)41)33-17-31(44)28(39(50-33)54-2)21-46-20-24-10-14-35(52)48-24/h3-8,11-12,15-17,23-24,38,45-46H,9-10,13-14,18-21H2,1-2H3,(H,47,51)(H,48,52)/t23-,24-,38?,40?/m0/s1. The van der Waals surface area contributed by atoms with E-state index in [1.54, 1.807) is 13.2 Å². The van der Waals surface area contributed by atoms with Crippen LogP contribution in [0.2, 0.25) is 10.0 Å². The molecule has 0 spiro atoms. The van der Waals surface area contributed by atoms with Crippen LogP contribution in [0.4, 0.5) is 4.39 Å². The third kappa shape index (κ3) is 7.40. The van der Waals surface area contributed by atoms with E-state index in [4.69, 9.17) is 54.2 Å². The molecule has 2 aromatic heterocycles. The van der Waals surface area contributed by atoms with E-state index in [9.17, 15) is 9.59 Å². The van der Waals surface area contributed by atoms with Crippen LogP contribution in [0.1, 0.15) is 53.8 Å². The van der Waals surface area contributed by atoms with E-state index in [0.29, 0.717) is 76.9 Å². The first kappa shape index (κ1) is 38.0. The Morgan fingerprint density at radius 1 is 0.889 bits per heavy atom. The van der Waals surface area contributed by atoms with Crippen molar-refractivity contribution >= 4 is 63.1 Å². The zero-order chi connectivity index (χ0) is 38.0. The normalized spacial score (nSPS) is 22.3. The Labute approximate surface area is 327 Å². The van der Waals surface area contributed by atoms with Gasteiger partial charge in [-0.05, 0) is 54.3 Å². The molecule has 2 unspecified atom stereocenters. The van der Waals surface area contributed by atoms with Crippen LogP contribution < -0.4 is 30.7 Å². The van der Waals surface area contributed by atoms with Crippen molar-refractivity contribution in [2.24, 2.45) is 0 Å². The van der Waals surface area contributed by atoms with Crippen LogP contribution in [0.15, 0.2) is 66.8 Å². The lowest BCUT2D eigenvalue weighted by Crippen LogP contribution is -2.40. The highest BCUT2D eigenvalue weighted by Crippen LogP contribution is 2.49. The smallest absolute Gasteiger partial charge is 0.220 e. The average molecular weight is 794 g/mol. The highest BCUT2D eigenvalue weighted by atomic mass is 35.5. The fourth-order valence-electron chi connectivity index (χ4n) is 7.56. The van der Waals surface area contributed by atoms with Gasteiger partial charge in [0, 0.05) is 67.1 Å². The minimum atomic E-state index is -1.32. The molecule has 3 aliphatic rings. The number of pyridine rings is 2. The van der Waals surface area contributed by atoms with E-state index in [2.05, 4.69) is 21.3 Å². The first-order valence-electron chi connectivity index (χ1n) is 17.8. The van der Waals surface area contributed by atoms with Crippen LogP contribution in [-0.4, -0.2) is 66.6 Å². The number of methoxy groups -OCH3 is 2. The van der Waals surface area contributed by atoms with Crippen molar-refractivity contribution in [3.63, 3.8) is 0 Å². The minimum Gasteiger partial charge on any atom is -0.496 e. The second-order valence-electron chi connectivity index (χ2n) is 13.7. The van der Waals surface area contributed by atoms with Crippen LogP contribution in [-0.2, 0) is 28.1 Å². The van der Waals surface area contributed by atoms with E-state index in [1.165, 1.54) is 13.2 Å². The Hall–Kier alpha value is -4.26. The first-order chi connectivity index (χ1) is 26.1. The third-order valence-electron chi connectivity index (χ3n) is 10.3. The van der Waals surface area contributed by atoms with Crippen LogP contribution in [0.5, 0.6) is 11.6 Å². The number of carbonyl (C=O) groups is 2. The number of nitrogens with zero attached hydrogens (tertiary/aromatic N) is 2. The zero-order valence-corrected chi connectivity index (χ0v) is 32.0. The Bertz CT molecular complexity index is 2170. The average Bonchev–Trinajstić information content (AvgIpc) is 3.79. The molecule has 1 aliphatic carbocycles. The number of amides is 2. The zero-order valence-electron chi connectivity index (χ0n) is 29.8. The van der Waals surface area contributed by atoms with Gasteiger partial charge in [0.05, 0.1) is 52.5 Å². The van der Waals surface area contributed by atoms with Crippen LogP contribution in [0, 0.1) is 5.82 Å². The Morgan fingerprint density at radius 2 is 1.59 bits per heavy atom. The number of fused-ring (bicyclic) bond motifs is 1. The summed E-state index contributed by atoms with van der Waals surface area (Å²) >= 11 is 21.3. The maximum atomic E-state index is 16.4. The lowest BCUT2D eigenvalue weighted by molar-refractivity contribution is -0.120. The first-order valence-corrected chi connectivity index (χ1v) is 19.0. The van der Waals surface area contributed by atoms with Crippen molar-refractivity contribution in [2.75, 3.05) is 27.3 Å². The number of carbonyl (C=O) groups excluding carboxylic acids is 2. The second kappa shape index (κ2) is 16.2. The van der Waals surface area contributed by atoms with Gasteiger partial charge in [-0.3, -0.25) is 9.59 Å². The molecule has 7 rings (SSSR count). The summed E-state index contributed by atoms with van der Waals surface area (Å²) in [6.45, 7) is 1.66. The van der Waals surface area contributed by atoms with Gasteiger partial charge in [-0.2, -0.15) is 0 Å². The van der Waals surface area contributed by atoms with Gasteiger partial charge >= 0.3 is 0 Å². The van der Waals surface area contributed by atoms with E-state index in [0.717, 1.165) is 17.5 Å². The van der Waals surface area contributed by atoms with Gasteiger partial charge in [0.25, 0.3) is 0 Å². The molecule has 2 amide bonds. The summed E-state index contributed by atoms with van der Waals surface area (Å²) in [6.07, 6.45) is 8.10. The lowest BCUT2D eigenvalue weighted by Gasteiger charge is -2.38. The highest BCUT2D eigenvalue weighted by Gasteiger charge is 2.46. The number of nitrogens with one attached hydrogen (secondary N) is 4. The number of benzene rings is 2. The van der Waals surface area contributed by atoms with Crippen molar-refractivity contribution in [3.8, 4) is 11.6 Å². The quantitative estimate of drug-likeness (QED) is 0.115. The maximum Gasteiger partial charge on any atom is 0.220 e. The van der Waals surface area contributed by atoms with Gasteiger partial charge in [0.2, 0.25) is 17.7 Å². The van der Waals surface area contributed by atoms with Crippen LogP contribution in [0.3, 0.4) is 0 Å². The van der Waals surface area contributed by atoms with E-state index < -0.39 is 16.6 Å². The fourth-order valence-corrected chi connectivity index (χ4v) is 8.57. The van der Waals surface area contributed by atoms with Gasteiger partial charge in [0.1, 0.15) is 11.6 Å². The Morgan fingerprint density at radius 3 is 2.24 bits per heavy atom. The molecule has 4 heterocycles.